The van der Waals surface area contributed by atoms with Crippen LogP contribution in [-0.2, 0) is 12.6 Å². The third-order valence-corrected chi connectivity index (χ3v) is 3.49. The van der Waals surface area contributed by atoms with Gasteiger partial charge in [0.25, 0.3) is 0 Å². The maximum absolute atomic E-state index is 12.7. The van der Waals surface area contributed by atoms with Crippen LogP contribution < -0.4 is 5.32 Å². The van der Waals surface area contributed by atoms with Crippen LogP contribution >= 0.6 is 0 Å². The first kappa shape index (κ1) is 15.6. The molecule has 0 aliphatic rings. The van der Waals surface area contributed by atoms with Crippen LogP contribution in [0, 0.1) is 6.92 Å². The number of aryl methyl sites for hydroxylation is 1. The average Bonchev–Trinajstić information content (AvgIpc) is 2.44. The minimum absolute atomic E-state index is 0.00613. The predicted octanol–water partition coefficient (Wildman–Crippen LogP) is 4.52. The molecule has 0 aliphatic carbocycles. The monoisotopic (exact) mass is 293 g/mol. The molecule has 1 nitrogen and oxygen atoms in total. The summed E-state index contributed by atoms with van der Waals surface area (Å²) < 4.78 is 38.2. The highest BCUT2D eigenvalue weighted by Crippen LogP contribution is 2.30. The minimum Gasteiger partial charge on any atom is -0.313 e. The lowest BCUT2D eigenvalue weighted by molar-refractivity contribution is -0.137. The number of rotatable bonds is 4. The van der Waals surface area contributed by atoms with Crippen LogP contribution in [0.25, 0.3) is 0 Å². The molecular formula is C17H18F3N. The van der Waals surface area contributed by atoms with E-state index in [-0.39, 0.29) is 6.04 Å². The van der Waals surface area contributed by atoms with Crippen LogP contribution in [0.3, 0.4) is 0 Å². The van der Waals surface area contributed by atoms with Gasteiger partial charge >= 0.3 is 6.18 Å². The largest absolute Gasteiger partial charge is 0.416 e. The Kier molecular flexibility index (Phi) is 4.68. The summed E-state index contributed by atoms with van der Waals surface area (Å²) in [5.41, 5.74) is 2.29. The maximum Gasteiger partial charge on any atom is 0.416 e. The fourth-order valence-corrected chi connectivity index (χ4v) is 2.38. The van der Waals surface area contributed by atoms with E-state index in [1.54, 1.807) is 6.07 Å². The standard InChI is InChI=1S/C17H18F3N/c1-12-5-3-7-14(9-12)16(21-2)11-13-6-4-8-15(10-13)17(18,19)20/h3-10,16,21H,11H2,1-2H3. The Bertz CT molecular complexity index is 605. The molecule has 0 aromatic heterocycles. The van der Waals surface area contributed by atoms with E-state index in [0.717, 1.165) is 17.2 Å². The second-order valence-corrected chi connectivity index (χ2v) is 5.16. The number of alkyl halides is 3. The molecule has 0 bridgehead atoms. The quantitative estimate of drug-likeness (QED) is 0.874. The van der Waals surface area contributed by atoms with Crippen molar-refractivity contribution in [2.75, 3.05) is 7.05 Å². The third-order valence-electron chi connectivity index (χ3n) is 3.49. The smallest absolute Gasteiger partial charge is 0.313 e. The number of likely N-dealkylation sites (N-methyl/N-ethyl adjacent to an activating group) is 1. The molecule has 0 saturated carbocycles. The van der Waals surface area contributed by atoms with Gasteiger partial charge in [-0.2, -0.15) is 13.2 Å². The van der Waals surface area contributed by atoms with Gasteiger partial charge in [0.05, 0.1) is 5.56 Å². The Labute approximate surface area is 122 Å². The lowest BCUT2D eigenvalue weighted by Crippen LogP contribution is -2.19. The van der Waals surface area contributed by atoms with Crippen molar-refractivity contribution in [1.29, 1.82) is 0 Å². The van der Waals surface area contributed by atoms with Gasteiger partial charge in [0, 0.05) is 6.04 Å². The van der Waals surface area contributed by atoms with Gasteiger partial charge in [0.2, 0.25) is 0 Å². The van der Waals surface area contributed by atoms with E-state index in [0.29, 0.717) is 12.0 Å². The molecule has 0 aliphatic heterocycles. The van der Waals surface area contributed by atoms with E-state index in [1.807, 2.05) is 32.2 Å². The van der Waals surface area contributed by atoms with E-state index < -0.39 is 11.7 Å². The van der Waals surface area contributed by atoms with Crippen LogP contribution in [0.4, 0.5) is 13.2 Å². The Morgan fingerprint density at radius 2 is 1.76 bits per heavy atom. The third kappa shape index (κ3) is 4.08. The van der Waals surface area contributed by atoms with Crippen LogP contribution in [0.15, 0.2) is 48.5 Å². The molecule has 21 heavy (non-hydrogen) atoms. The average molecular weight is 293 g/mol. The second kappa shape index (κ2) is 6.31. The van der Waals surface area contributed by atoms with Crippen molar-refractivity contribution in [2.24, 2.45) is 0 Å². The predicted molar refractivity (Wildman–Crippen MR) is 78.1 cm³/mol. The van der Waals surface area contributed by atoms with E-state index in [2.05, 4.69) is 11.4 Å². The molecule has 4 heteroatoms. The van der Waals surface area contributed by atoms with Crippen molar-refractivity contribution in [3.05, 3.63) is 70.8 Å². The topological polar surface area (TPSA) is 12.0 Å². The van der Waals surface area contributed by atoms with Gasteiger partial charge in [-0.25, -0.2) is 0 Å². The van der Waals surface area contributed by atoms with Gasteiger partial charge in [-0.05, 0) is 37.6 Å². The molecule has 2 aromatic carbocycles. The number of halogens is 3. The summed E-state index contributed by atoms with van der Waals surface area (Å²) in [4.78, 5) is 0. The minimum atomic E-state index is -4.30. The van der Waals surface area contributed by atoms with Crippen molar-refractivity contribution < 1.29 is 13.2 Å². The molecule has 2 aromatic rings. The Balaban J connectivity index is 2.23. The zero-order chi connectivity index (χ0) is 15.5. The van der Waals surface area contributed by atoms with Crippen molar-refractivity contribution in [3.8, 4) is 0 Å². The van der Waals surface area contributed by atoms with Crippen LogP contribution in [0.2, 0.25) is 0 Å². The van der Waals surface area contributed by atoms with Crippen LogP contribution in [0.1, 0.15) is 28.3 Å². The van der Waals surface area contributed by atoms with E-state index in [4.69, 9.17) is 0 Å². The molecule has 0 amide bonds. The lowest BCUT2D eigenvalue weighted by Gasteiger charge is -2.18. The number of hydrogen-bond acceptors (Lipinski definition) is 1. The number of benzene rings is 2. The summed E-state index contributed by atoms with van der Waals surface area (Å²) in [6, 6.07) is 13.5. The highest BCUT2D eigenvalue weighted by Gasteiger charge is 2.30. The molecule has 0 spiro atoms. The number of hydrogen-bond donors (Lipinski definition) is 1. The van der Waals surface area contributed by atoms with Crippen molar-refractivity contribution in [3.63, 3.8) is 0 Å². The molecule has 0 heterocycles. The van der Waals surface area contributed by atoms with E-state index in [1.165, 1.54) is 12.1 Å². The Hall–Kier alpha value is -1.81. The zero-order valence-electron chi connectivity index (χ0n) is 12.0. The molecule has 1 N–H and O–H groups in total. The Morgan fingerprint density at radius 1 is 1.05 bits per heavy atom. The first-order valence-electron chi connectivity index (χ1n) is 6.80. The summed E-state index contributed by atoms with van der Waals surface area (Å²) in [5.74, 6) is 0. The summed E-state index contributed by atoms with van der Waals surface area (Å²) in [7, 11) is 1.82. The van der Waals surface area contributed by atoms with E-state index in [9.17, 15) is 13.2 Å². The first-order valence-corrected chi connectivity index (χ1v) is 6.80. The highest BCUT2D eigenvalue weighted by atomic mass is 19.4. The normalized spacial score (nSPS) is 13.2. The van der Waals surface area contributed by atoms with Gasteiger partial charge < -0.3 is 5.32 Å². The fraction of sp³-hybridized carbons (Fsp3) is 0.294. The van der Waals surface area contributed by atoms with Gasteiger partial charge in [-0.1, -0.05) is 48.0 Å². The van der Waals surface area contributed by atoms with Gasteiger partial charge in [0.15, 0.2) is 0 Å². The zero-order valence-corrected chi connectivity index (χ0v) is 12.0. The number of nitrogens with one attached hydrogen (secondary N) is 1. The Morgan fingerprint density at radius 3 is 2.38 bits per heavy atom. The summed E-state index contributed by atoms with van der Waals surface area (Å²) in [5, 5.41) is 3.17. The molecular weight excluding hydrogens is 275 g/mol. The van der Waals surface area contributed by atoms with Gasteiger partial charge in [0.1, 0.15) is 0 Å². The summed E-state index contributed by atoms with van der Waals surface area (Å²) in [6.45, 7) is 2.00. The SMILES string of the molecule is CNC(Cc1cccc(C(F)(F)F)c1)c1cccc(C)c1. The summed E-state index contributed by atoms with van der Waals surface area (Å²) >= 11 is 0. The van der Waals surface area contributed by atoms with Crippen molar-refractivity contribution >= 4 is 0 Å². The van der Waals surface area contributed by atoms with Crippen LogP contribution in [-0.4, -0.2) is 7.05 Å². The molecule has 0 fully saturated rings. The molecule has 0 saturated heterocycles. The summed E-state index contributed by atoms with van der Waals surface area (Å²) in [6.07, 6.45) is -3.78. The second-order valence-electron chi connectivity index (χ2n) is 5.16. The van der Waals surface area contributed by atoms with E-state index >= 15 is 0 Å². The highest BCUT2D eigenvalue weighted by molar-refractivity contribution is 5.30. The van der Waals surface area contributed by atoms with Crippen molar-refractivity contribution in [1.82, 2.24) is 5.32 Å². The van der Waals surface area contributed by atoms with Gasteiger partial charge in [-0.15, -0.1) is 0 Å². The fourth-order valence-electron chi connectivity index (χ4n) is 2.38. The molecule has 112 valence electrons. The molecule has 1 unspecified atom stereocenters. The van der Waals surface area contributed by atoms with Crippen LogP contribution in [0.5, 0.6) is 0 Å². The molecule has 0 radical (unpaired) electrons. The lowest BCUT2D eigenvalue weighted by atomic mass is 9.97. The molecule has 1 atom stereocenters. The van der Waals surface area contributed by atoms with Gasteiger partial charge in [-0.3, -0.25) is 0 Å². The van der Waals surface area contributed by atoms with Crippen molar-refractivity contribution in [2.45, 2.75) is 25.6 Å². The maximum atomic E-state index is 12.7. The molecule has 2 rings (SSSR count). The first-order chi connectivity index (χ1) is 9.90.